The molecule has 1 amide bonds. The topological polar surface area (TPSA) is 29.5 Å². The van der Waals surface area contributed by atoms with Gasteiger partial charge in [0, 0.05) is 16.8 Å². The molecule has 0 unspecified atom stereocenters. The maximum Gasteiger partial charge on any atom is 0.265 e. The minimum Gasteiger partial charge on any atom is -0.482 e. The second-order valence-electron chi connectivity index (χ2n) is 5.06. The zero-order valence-electron chi connectivity index (χ0n) is 12.4. The molecular formula is C17H17Cl2NO2. The molecule has 2 rings (SSSR count). The molecule has 0 aliphatic carbocycles. The van der Waals surface area contributed by atoms with Crippen molar-refractivity contribution in [2.45, 2.75) is 19.9 Å². The fourth-order valence-corrected chi connectivity index (χ4v) is 2.58. The Bertz CT molecular complexity index is 644. The molecule has 22 heavy (non-hydrogen) atoms. The highest BCUT2D eigenvalue weighted by Gasteiger charge is 2.19. The van der Waals surface area contributed by atoms with E-state index >= 15 is 0 Å². The largest absolute Gasteiger partial charge is 0.482 e. The first-order valence-electron chi connectivity index (χ1n) is 6.94. The van der Waals surface area contributed by atoms with Crippen molar-refractivity contribution in [1.29, 1.82) is 0 Å². The van der Waals surface area contributed by atoms with Gasteiger partial charge in [-0.25, -0.2) is 0 Å². The van der Waals surface area contributed by atoms with Gasteiger partial charge in [0.2, 0.25) is 0 Å². The summed E-state index contributed by atoms with van der Waals surface area (Å²) in [6, 6.07) is 14.4. The van der Waals surface area contributed by atoms with E-state index in [1.54, 1.807) is 23.1 Å². The molecule has 0 aliphatic rings. The molecule has 0 saturated carbocycles. The number of ether oxygens (including phenoxy) is 1. The van der Waals surface area contributed by atoms with Gasteiger partial charge in [0.1, 0.15) is 5.75 Å². The minimum atomic E-state index is -0.132. The average molecular weight is 338 g/mol. The molecule has 0 aliphatic heterocycles. The summed E-state index contributed by atoms with van der Waals surface area (Å²) >= 11 is 11.9. The molecule has 5 heteroatoms. The van der Waals surface area contributed by atoms with Gasteiger partial charge in [-0.05, 0) is 44.2 Å². The van der Waals surface area contributed by atoms with Crippen molar-refractivity contribution in [3.05, 3.63) is 58.6 Å². The molecule has 0 aromatic heterocycles. The monoisotopic (exact) mass is 337 g/mol. The van der Waals surface area contributed by atoms with Crippen LogP contribution in [0.1, 0.15) is 13.8 Å². The summed E-state index contributed by atoms with van der Waals surface area (Å²) < 4.78 is 5.52. The van der Waals surface area contributed by atoms with Crippen LogP contribution in [0.3, 0.4) is 0 Å². The molecule has 0 heterocycles. The third-order valence-corrected chi connectivity index (χ3v) is 3.59. The van der Waals surface area contributed by atoms with E-state index in [1.807, 2.05) is 44.2 Å². The van der Waals surface area contributed by atoms with E-state index < -0.39 is 0 Å². The normalized spacial score (nSPS) is 10.6. The molecule has 0 bridgehead atoms. The summed E-state index contributed by atoms with van der Waals surface area (Å²) in [5.74, 6) is 0.309. The lowest BCUT2D eigenvalue weighted by Gasteiger charge is -2.27. The van der Waals surface area contributed by atoms with Crippen molar-refractivity contribution in [3.63, 3.8) is 0 Å². The predicted molar refractivity (Wildman–Crippen MR) is 91.0 cm³/mol. The molecule has 0 spiro atoms. The average Bonchev–Trinajstić information content (AvgIpc) is 2.47. The number of para-hydroxylation sites is 1. The van der Waals surface area contributed by atoms with Crippen molar-refractivity contribution in [2.24, 2.45) is 0 Å². The molecule has 0 fully saturated rings. The van der Waals surface area contributed by atoms with Gasteiger partial charge in [-0.2, -0.15) is 0 Å². The number of hydrogen-bond donors (Lipinski definition) is 0. The maximum absolute atomic E-state index is 12.5. The first kappa shape index (κ1) is 16.7. The summed E-state index contributed by atoms with van der Waals surface area (Å²) in [4.78, 5) is 14.2. The number of nitrogens with zero attached hydrogens (tertiary/aromatic N) is 1. The fourth-order valence-electron chi connectivity index (χ4n) is 2.12. The lowest BCUT2D eigenvalue weighted by atomic mass is 10.2. The fraction of sp³-hybridized carbons (Fsp3) is 0.235. The highest BCUT2D eigenvalue weighted by atomic mass is 35.5. The van der Waals surface area contributed by atoms with Crippen molar-refractivity contribution in [2.75, 3.05) is 11.5 Å². The number of anilines is 1. The van der Waals surface area contributed by atoms with Crippen LogP contribution in [-0.2, 0) is 4.79 Å². The zero-order chi connectivity index (χ0) is 16.1. The number of carbonyl (C=O) groups excluding carboxylic acids is 1. The van der Waals surface area contributed by atoms with Crippen molar-refractivity contribution >= 4 is 34.8 Å². The Morgan fingerprint density at radius 3 is 2.41 bits per heavy atom. The van der Waals surface area contributed by atoms with Crippen LogP contribution in [0.4, 0.5) is 5.69 Å². The van der Waals surface area contributed by atoms with Gasteiger partial charge < -0.3 is 9.64 Å². The Morgan fingerprint density at radius 1 is 1.14 bits per heavy atom. The molecule has 2 aromatic rings. The van der Waals surface area contributed by atoms with E-state index in [9.17, 15) is 4.79 Å². The smallest absolute Gasteiger partial charge is 0.265 e. The van der Waals surface area contributed by atoms with E-state index in [2.05, 4.69) is 0 Å². The highest BCUT2D eigenvalue weighted by Crippen LogP contribution is 2.27. The van der Waals surface area contributed by atoms with Gasteiger partial charge in [0.05, 0.1) is 5.02 Å². The summed E-state index contributed by atoms with van der Waals surface area (Å²) in [5, 5.41) is 0.910. The number of halogens is 2. The molecule has 116 valence electrons. The lowest BCUT2D eigenvalue weighted by Crippen LogP contribution is -2.40. The molecule has 0 atom stereocenters. The van der Waals surface area contributed by atoms with E-state index in [0.717, 1.165) is 5.69 Å². The van der Waals surface area contributed by atoms with Gasteiger partial charge in [-0.3, -0.25) is 4.79 Å². The summed E-state index contributed by atoms with van der Waals surface area (Å²) in [6.07, 6.45) is 0. The van der Waals surface area contributed by atoms with Gasteiger partial charge in [0.15, 0.2) is 6.61 Å². The van der Waals surface area contributed by atoms with Gasteiger partial charge >= 0.3 is 0 Å². The van der Waals surface area contributed by atoms with Crippen LogP contribution in [0.15, 0.2) is 48.5 Å². The number of hydrogen-bond acceptors (Lipinski definition) is 2. The zero-order valence-corrected chi connectivity index (χ0v) is 13.9. The van der Waals surface area contributed by atoms with Gasteiger partial charge in [-0.1, -0.05) is 41.4 Å². The molecule has 0 N–H and O–H groups in total. The number of carbonyl (C=O) groups is 1. The summed E-state index contributed by atoms with van der Waals surface area (Å²) in [5.41, 5.74) is 0.841. The Balaban J connectivity index is 2.09. The Kier molecular flexibility index (Phi) is 5.69. The minimum absolute atomic E-state index is 0.0270. The van der Waals surface area contributed by atoms with E-state index in [1.165, 1.54) is 0 Å². The van der Waals surface area contributed by atoms with Crippen LogP contribution in [0, 0.1) is 0 Å². The van der Waals surface area contributed by atoms with Crippen molar-refractivity contribution < 1.29 is 9.53 Å². The second kappa shape index (κ2) is 7.52. The molecule has 0 saturated heterocycles. The lowest BCUT2D eigenvalue weighted by molar-refractivity contribution is -0.120. The predicted octanol–water partition coefficient (Wildman–Crippen LogP) is 4.81. The Morgan fingerprint density at radius 2 is 1.82 bits per heavy atom. The maximum atomic E-state index is 12.5. The van der Waals surface area contributed by atoms with E-state index in [-0.39, 0.29) is 18.6 Å². The van der Waals surface area contributed by atoms with Crippen LogP contribution in [-0.4, -0.2) is 18.6 Å². The van der Waals surface area contributed by atoms with Gasteiger partial charge in [-0.15, -0.1) is 0 Å². The van der Waals surface area contributed by atoms with Crippen molar-refractivity contribution in [1.82, 2.24) is 0 Å². The molecule has 2 aromatic carbocycles. The summed E-state index contributed by atoms with van der Waals surface area (Å²) in [7, 11) is 0. The number of benzene rings is 2. The summed E-state index contributed by atoms with van der Waals surface area (Å²) in [6.45, 7) is 3.83. The number of amides is 1. The van der Waals surface area contributed by atoms with Crippen molar-refractivity contribution in [3.8, 4) is 5.75 Å². The standard InChI is InChI=1S/C17H17Cl2NO2/c1-12(2)20(14-6-4-3-5-7-14)17(21)11-22-16-9-8-13(18)10-15(16)19/h3-10,12H,11H2,1-2H3. The van der Waals surface area contributed by atoms with Crippen LogP contribution >= 0.6 is 23.2 Å². The van der Waals surface area contributed by atoms with E-state index in [4.69, 9.17) is 27.9 Å². The van der Waals surface area contributed by atoms with Crippen LogP contribution in [0.25, 0.3) is 0 Å². The van der Waals surface area contributed by atoms with E-state index in [0.29, 0.717) is 15.8 Å². The Hall–Kier alpha value is -1.71. The van der Waals surface area contributed by atoms with Crippen LogP contribution in [0.2, 0.25) is 10.0 Å². The SMILES string of the molecule is CC(C)N(C(=O)COc1ccc(Cl)cc1Cl)c1ccccc1. The molecular weight excluding hydrogens is 321 g/mol. The Labute approximate surface area is 140 Å². The third kappa shape index (κ3) is 4.15. The van der Waals surface area contributed by atoms with Crippen LogP contribution < -0.4 is 9.64 Å². The first-order valence-corrected chi connectivity index (χ1v) is 7.69. The quantitative estimate of drug-likeness (QED) is 0.783. The molecule has 0 radical (unpaired) electrons. The molecule has 3 nitrogen and oxygen atoms in total. The third-order valence-electron chi connectivity index (χ3n) is 3.06. The number of rotatable bonds is 5. The van der Waals surface area contributed by atoms with Gasteiger partial charge in [0.25, 0.3) is 5.91 Å². The second-order valence-corrected chi connectivity index (χ2v) is 5.90. The first-order chi connectivity index (χ1) is 10.5. The highest BCUT2D eigenvalue weighted by molar-refractivity contribution is 6.35. The van der Waals surface area contributed by atoms with Crippen LogP contribution in [0.5, 0.6) is 5.75 Å².